The SMILES string of the molecule is CC(C)CC(=O)NCCNC1CCCCCC1.Cl. The van der Waals surface area contributed by atoms with Gasteiger partial charge in [-0.25, -0.2) is 0 Å². The van der Waals surface area contributed by atoms with Crippen molar-refractivity contribution in [1.29, 1.82) is 0 Å². The molecular formula is C14H29ClN2O. The van der Waals surface area contributed by atoms with Crippen LogP contribution in [0.2, 0.25) is 0 Å². The molecule has 3 nitrogen and oxygen atoms in total. The standard InChI is InChI=1S/C14H28N2O.ClH/c1-12(2)11-14(17)16-10-9-15-13-7-5-3-4-6-8-13;/h12-13,15H,3-11H2,1-2H3,(H,16,17);1H. The average molecular weight is 277 g/mol. The van der Waals surface area contributed by atoms with Crippen LogP contribution in [0.3, 0.4) is 0 Å². The van der Waals surface area contributed by atoms with Crippen LogP contribution in [0.5, 0.6) is 0 Å². The Morgan fingerprint density at radius 3 is 2.28 bits per heavy atom. The summed E-state index contributed by atoms with van der Waals surface area (Å²) in [5.41, 5.74) is 0. The minimum Gasteiger partial charge on any atom is -0.355 e. The lowest BCUT2D eigenvalue weighted by Gasteiger charge is -2.16. The quantitative estimate of drug-likeness (QED) is 0.579. The van der Waals surface area contributed by atoms with Gasteiger partial charge in [-0.2, -0.15) is 0 Å². The summed E-state index contributed by atoms with van der Waals surface area (Å²) in [6, 6.07) is 0.680. The number of rotatable bonds is 6. The summed E-state index contributed by atoms with van der Waals surface area (Å²) in [5.74, 6) is 0.632. The molecule has 0 spiro atoms. The molecule has 1 aliphatic rings. The van der Waals surface area contributed by atoms with Crippen LogP contribution in [-0.2, 0) is 4.79 Å². The van der Waals surface area contributed by atoms with E-state index in [9.17, 15) is 4.79 Å². The first-order chi connectivity index (χ1) is 8.18. The smallest absolute Gasteiger partial charge is 0.220 e. The number of amides is 1. The zero-order valence-electron chi connectivity index (χ0n) is 11.8. The molecule has 108 valence electrons. The number of carbonyl (C=O) groups excluding carboxylic acids is 1. The highest BCUT2D eigenvalue weighted by Gasteiger charge is 2.11. The summed E-state index contributed by atoms with van der Waals surface area (Å²) in [7, 11) is 0. The van der Waals surface area contributed by atoms with Crippen molar-refractivity contribution in [1.82, 2.24) is 10.6 Å². The van der Waals surface area contributed by atoms with E-state index in [4.69, 9.17) is 0 Å². The van der Waals surface area contributed by atoms with Gasteiger partial charge in [-0.1, -0.05) is 39.5 Å². The molecule has 2 N–H and O–H groups in total. The minimum absolute atomic E-state index is 0. The summed E-state index contributed by atoms with van der Waals surface area (Å²) in [5, 5.41) is 6.52. The minimum atomic E-state index is 0. The molecule has 0 bridgehead atoms. The molecule has 0 saturated heterocycles. The molecular weight excluding hydrogens is 248 g/mol. The van der Waals surface area contributed by atoms with Crippen LogP contribution in [0.4, 0.5) is 0 Å². The van der Waals surface area contributed by atoms with Gasteiger partial charge in [0.2, 0.25) is 5.91 Å². The summed E-state index contributed by atoms with van der Waals surface area (Å²) < 4.78 is 0. The summed E-state index contributed by atoms with van der Waals surface area (Å²) >= 11 is 0. The number of halogens is 1. The third-order valence-corrected chi connectivity index (χ3v) is 3.33. The van der Waals surface area contributed by atoms with Gasteiger partial charge in [0.05, 0.1) is 0 Å². The Hall–Kier alpha value is -0.280. The van der Waals surface area contributed by atoms with Crippen LogP contribution in [0.15, 0.2) is 0 Å². The number of hydrogen-bond acceptors (Lipinski definition) is 2. The third-order valence-electron chi connectivity index (χ3n) is 3.33. The van der Waals surface area contributed by atoms with Crippen molar-refractivity contribution in [2.24, 2.45) is 5.92 Å². The van der Waals surface area contributed by atoms with E-state index in [1.54, 1.807) is 0 Å². The van der Waals surface area contributed by atoms with E-state index in [2.05, 4.69) is 24.5 Å². The zero-order chi connectivity index (χ0) is 12.5. The molecule has 1 aliphatic carbocycles. The van der Waals surface area contributed by atoms with Crippen LogP contribution >= 0.6 is 12.4 Å². The van der Waals surface area contributed by atoms with Crippen LogP contribution in [0.1, 0.15) is 58.8 Å². The second-order valence-corrected chi connectivity index (χ2v) is 5.59. The van der Waals surface area contributed by atoms with Gasteiger partial charge in [-0.3, -0.25) is 4.79 Å². The highest BCUT2D eigenvalue weighted by atomic mass is 35.5. The highest BCUT2D eigenvalue weighted by molar-refractivity contribution is 5.85. The van der Waals surface area contributed by atoms with Crippen LogP contribution in [0, 0.1) is 5.92 Å². The monoisotopic (exact) mass is 276 g/mol. The van der Waals surface area contributed by atoms with Gasteiger partial charge in [0, 0.05) is 25.6 Å². The molecule has 0 aliphatic heterocycles. The van der Waals surface area contributed by atoms with Crippen molar-refractivity contribution in [3.63, 3.8) is 0 Å². The van der Waals surface area contributed by atoms with Crippen molar-refractivity contribution >= 4 is 18.3 Å². The molecule has 0 aromatic rings. The molecule has 4 heteroatoms. The molecule has 1 fully saturated rings. The molecule has 0 atom stereocenters. The Morgan fingerprint density at radius 2 is 1.72 bits per heavy atom. The van der Waals surface area contributed by atoms with Gasteiger partial charge in [0.1, 0.15) is 0 Å². The maximum absolute atomic E-state index is 11.4. The first kappa shape index (κ1) is 17.7. The van der Waals surface area contributed by atoms with E-state index in [-0.39, 0.29) is 18.3 Å². The van der Waals surface area contributed by atoms with Gasteiger partial charge in [-0.15, -0.1) is 12.4 Å². The average Bonchev–Trinajstić information content (AvgIpc) is 2.52. The largest absolute Gasteiger partial charge is 0.355 e. The van der Waals surface area contributed by atoms with E-state index in [0.29, 0.717) is 18.4 Å². The Balaban J connectivity index is 0.00000289. The van der Waals surface area contributed by atoms with E-state index in [1.165, 1.54) is 38.5 Å². The van der Waals surface area contributed by atoms with Crippen molar-refractivity contribution in [3.05, 3.63) is 0 Å². The summed E-state index contributed by atoms with van der Waals surface area (Å²) in [6.07, 6.45) is 8.75. The van der Waals surface area contributed by atoms with Crippen LogP contribution < -0.4 is 10.6 Å². The normalized spacial score (nSPS) is 17.1. The fourth-order valence-corrected chi connectivity index (χ4v) is 2.40. The Bertz CT molecular complexity index is 214. The topological polar surface area (TPSA) is 41.1 Å². The molecule has 1 amide bonds. The molecule has 0 heterocycles. The lowest BCUT2D eigenvalue weighted by Crippen LogP contribution is -2.37. The van der Waals surface area contributed by atoms with Crippen LogP contribution in [-0.4, -0.2) is 25.0 Å². The van der Waals surface area contributed by atoms with Crippen molar-refractivity contribution in [2.45, 2.75) is 64.8 Å². The van der Waals surface area contributed by atoms with Crippen molar-refractivity contribution in [3.8, 4) is 0 Å². The number of hydrogen-bond donors (Lipinski definition) is 2. The van der Waals surface area contributed by atoms with Crippen molar-refractivity contribution in [2.75, 3.05) is 13.1 Å². The molecule has 18 heavy (non-hydrogen) atoms. The second kappa shape index (κ2) is 10.6. The van der Waals surface area contributed by atoms with E-state index in [0.717, 1.165) is 13.1 Å². The second-order valence-electron chi connectivity index (χ2n) is 5.59. The van der Waals surface area contributed by atoms with Crippen molar-refractivity contribution < 1.29 is 4.79 Å². The molecule has 0 unspecified atom stereocenters. The Labute approximate surface area is 118 Å². The zero-order valence-corrected chi connectivity index (χ0v) is 12.7. The highest BCUT2D eigenvalue weighted by Crippen LogP contribution is 2.16. The summed E-state index contributed by atoms with van der Waals surface area (Å²) in [6.45, 7) is 5.82. The predicted molar refractivity (Wildman–Crippen MR) is 79.2 cm³/mol. The summed E-state index contributed by atoms with van der Waals surface area (Å²) in [4.78, 5) is 11.4. The lowest BCUT2D eigenvalue weighted by molar-refractivity contribution is -0.121. The maximum atomic E-state index is 11.4. The van der Waals surface area contributed by atoms with Gasteiger partial charge < -0.3 is 10.6 Å². The van der Waals surface area contributed by atoms with E-state index in [1.807, 2.05) is 0 Å². The Kier molecular flexibility index (Phi) is 10.5. The van der Waals surface area contributed by atoms with Gasteiger partial charge >= 0.3 is 0 Å². The number of nitrogens with one attached hydrogen (secondary N) is 2. The van der Waals surface area contributed by atoms with Crippen LogP contribution in [0.25, 0.3) is 0 Å². The first-order valence-corrected chi connectivity index (χ1v) is 7.18. The first-order valence-electron chi connectivity index (χ1n) is 7.18. The molecule has 0 aromatic carbocycles. The maximum Gasteiger partial charge on any atom is 0.220 e. The fourth-order valence-electron chi connectivity index (χ4n) is 2.40. The van der Waals surface area contributed by atoms with Gasteiger partial charge in [0.25, 0.3) is 0 Å². The molecule has 1 rings (SSSR count). The van der Waals surface area contributed by atoms with Gasteiger partial charge in [-0.05, 0) is 18.8 Å². The lowest BCUT2D eigenvalue weighted by atomic mass is 10.1. The Morgan fingerprint density at radius 1 is 1.11 bits per heavy atom. The van der Waals surface area contributed by atoms with Gasteiger partial charge in [0.15, 0.2) is 0 Å². The van der Waals surface area contributed by atoms with E-state index < -0.39 is 0 Å². The number of carbonyl (C=O) groups is 1. The van der Waals surface area contributed by atoms with E-state index >= 15 is 0 Å². The molecule has 0 radical (unpaired) electrons. The predicted octanol–water partition coefficient (Wildman–Crippen LogP) is 2.88. The fraction of sp³-hybridized carbons (Fsp3) is 0.929. The molecule has 1 saturated carbocycles. The third kappa shape index (κ3) is 8.76. The molecule has 0 aromatic heterocycles.